The second-order valence-corrected chi connectivity index (χ2v) is 20.1. The van der Waals surface area contributed by atoms with Gasteiger partial charge in [0.1, 0.15) is 17.8 Å². The number of esters is 1. The molecule has 1 unspecified atom stereocenters. The zero-order chi connectivity index (χ0) is 49.7. The minimum atomic E-state index is -1.02. The number of benzene rings is 3. The Morgan fingerprint density at radius 2 is 1.46 bits per heavy atom. The van der Waals surface area contributed by atoms with Gasteiger partial charge in [0.15, 0.2) is 0 Å². The summed E-state index contributed by atoms with van der Waals surface area (Å²) >= 11 is 3.60. The highest BCUT2D eigenvalue weighted by Gasteiger charge is 2.39. The molecular formula is C52H65BrN8O8. The van der Waals surface area contributed by atoms with Gasteiger partial charge in [0.05, 0.1) is 34.2 Å². The van der Waals surface area contributed by atoms with Gasteiger partial charge in [-0.2, -0.15) is 0 Å². The number of nitrogens with zero attached hydrogens (tertiary/aromatic N) is 3. The van der Waals surface area contributed by atoms with Crippen LogP contribution in [0, 0.1) is 11.8 Å². The summed E-state index contributed by atoms with van der Waals surface area (Å²) < 4.78 is 7.68. The molecule has 16 nitrogen and oxygen atoms in total. The van der Waals surface area contributed by atoms with E-state index in [1.165, 1.54) is 34.4 Å². The number of imidazole rings is 1. The highest BCUT2D eigenvalue weighted by molar-refractivity contribution is 9.10. The molecule has 2 bridgehead atoms. The topological polar surface area (TPSA) is 211 Å². The molecule has 2 aromatic heterocycles. The number of hydrogen-bond acceptors (Lipinski definition) is 9. The summed E-state index contributed by atoms with van der Waals surface area (Å²) in [5, 5.41) is 19.7. The van der Waals surface area contributed by atoms with Crippen LogP contribution in [0.1, 0.15) is 96.7 Å². The van der Waals surface area contributed by atoms with Gasteiger partial charge in [-0.25, -0.2) is 14.2 Å². The Hall–Kier alpha value is -6.20. The molecule has 4 amide bonds. The first-order chi connectivity index (χ1) is 32.9. The standard InChI is InChI=1S/C36H45BrN4O6.C16H20N4O2/c1-20-15-21(2)17-23(4)47-32(43)19-30(25-11-13-26(42)14-12-25)40-35(45)31(18-28-27-9-7-8-10-29(27)39-33(28)37)41(6)36(46)24(5)38-34(44)22(3)16-20;1-19-11-6-7-12(19)9-10(8-11)17-15(21)20-14-5-3-2-4-13(14)18-16(20)22/h7-15,21-24,30-31,39,42H,16-19H2,1-6H3,(H,38,44)(H,40,45);2-5,10-12H,6-9H2,1H3,(H,17,21)(H,18,22)/b20-15+;/t21-,22-,23-,24-,30+,31+;10?,11-,12+/m0./s1. The minimum absolute atomic E-state index is 0.0439. The number of aromatic hydroxyl groups is 1. The van der Waals surface area contributed by atoms with Crippen molar-refractivity contribution in [2.75, 3.05) is 14.1 Å². The normalized spacial score (nSPS) is 27.4. The lowest BCUT2D eigenvalue weighted by Gasteiger charge is -2.36. The zero-order valence-electron chi connectivity index (χ0n) is 40.4. The van der Waals surface area contributed by atoms with Gasteiger partial charge in [-0.3, -0.25) is 19.2 Å². The number of halogens is 1. The summed E-state index contributed by atoms with van der Waals surface area (Å²) in [6.07, 6.45) is 7.12. The predicted molar refractivity (Wildman–Crippen MR) is 268 cm³/mol. The Morgan fingerprint density at radius 3 is 2.16 bits per heavy atom. The van der Waals surface area contributed by atoms with Crippen molar-refractivity contribution in [3.05, 3.63) is 111 Å². The number of carbonyl (C=O) groups excluding carboxylic acids is 5. The number of cyclic esters (lactones) is 1. The van der Waals surface area contributed by atoms with Gasteiger partial charge >= 0.3 is 17.7 Å². The van der Waals surface area contributed by atoms with Crippen LogP contribution in [0.5, 0.6) is 5.75 Å². The summed E-state index contributed by atoms with van der Waals surface area (Å²) in [6, 6.07) is 19.4. The van der Waals surface area contributed by atoms with Crippen LogP contribution < -0.4 is 21.6 Å². The van der Waals surface area contributed by atoms with Crippen LogP contribution in [0.15, 0.2) is 93.8 Å². The molecule has 0 radical (unpaired) electrons. The number of rotatable bonds is 4. The molecule has 6 N–H and O–H groups in total. The van der Waals surface area contributed by atoms with Gasteiger partial charge in [-0.15, -0.1) is 0 Å². The summed E-state index contributed by atoms with van der Waals surface area (Å²) in [5.41, 5.74) is 4.22. The van der Waals surface area contributed by atoms with Crippen LogP contribution in [0.25, 0.3) is 21.9 Å². The third-order valence-corrected chi connectivity index (χ3v) is 14.6. The van der Waals surface area contributed by atoms with E-state index in [1.807, 2.05) is 64.1 Å². The molecule has 3 aliphatic heterocycles. The van der Waals surface area contributed by atoms with E-state index in [0.29, 0.717) is 46.1 Å². The van der Waals surface area contributed by atoms with E-state index in [1.54, 1.807) is 38.2 Å². The van der Waals surface area contributed by atoms with Gasteiger partial charge < -0.3 is 45.6 Å². The number of fused-ring (bicyclic) bond motifs is 4. The van der Waals surface area contributed by atoms with E-state index in [-0.39, 0.29) is 54.1 Å². The maximum absolute atomic E-state index is 14.3. The SMILES string of the molecule is C/C1=C\[C@H](C)C[C@H](C)OC(=O)C[C@H](c2ccc(O)cc2)NC(=O)[C@@H](Cc2c(Br)[nH]c3ccccc23)N(C)C(=O)[C@H](C)NC(=O)[C@@H](C)C1.CN1[C@@H]2CC[C@H]1CC(NC(=O)n1c(=O)[nH]c3ccccc31)C2. The smallest absolute Gasteiger partial charge is 0.334 e. The first-order valence-electron chi connectivity index (χ1n) is 23.9. The van der Waals surface area contributed by atoms with Crippen molar-refractivity contribution in [1.82, 2.24) is 40.3 Å². The third-order valence-electron chi connectivity index (χ3n) is 13.9. The lowest BCUT2D eigenvalue weighted by Crippen LogP contribution is -2.55. The largest absolute Gasteiger partial charge is 0.508 e. The van der Waals surface area contributed by atoms with Gasteiger partial charge in [-0.1, -0.05) is 68.0 Å². The van der Waals surface area contributed by atoms with Crippen LogP contribution in [0.3, 0.4) is 0 Å². The molecule has 3 aliphatic rings. The van der Waals surface area contributed by atoms with Crippen molar-refractivity contribution in [2.24, 2.45) is 11.8 Å². The Bertz CT molecular complexity index is 2750. The van der Waals surface area contributed by atoms with Crippen molar-refractivity contribution in [3.63, 3.8) is 0 Å². The van der Waals surface area contributed by atoms with Gasteiger partial charge in [0.25, 0.3) is 0 Å². The molecule has 0 spiro atoms. The highest BCUT2D eigenvalue weighted by atomic mass is 79.9. The number of phenolic OH excluding ortho intramolecular Hbond substituents is 1. The molecular weight excluding hydrogens is 945 g/mol. The van der Waals surface area contributed by atoms with Gasteiger partial charge in [0.2, 0.25) is 17.7 Å². The second-order valence-electron chi connectivity index (χ2n) is 19.3. The van der Waals surface area contributed by atoms with Crippen molar-refractivity contribution in [1.29, 1.82) is 0 Å². The number of phenols is 1. The third kappa shape index (κ3) is 12.2. The van der Waals surface area contributed by atoms with Gasteiger partial charge in [0, 0.05) is 48.4 Å². The summed E-state index contributed by atoms with van der Waals surface area (Å²) in [5.74, 6) is -1.93. The van der Waals surface area contributed by atoms with E-state index in [9.17, 15) is 33.9 Å². The molecule has 8 rings (SSSR count). The predicted octanol–water partition coefficient (Wildman–Crippen LogP) is 7.21. The lowest BCUT2D eigenvalue weighted by molar-refractivity contribution is -0.149. The molecule has 0 saturated carbocycles. The Labute approximate surface area is 410 Å². The molecule has 2 fully saturated rings. The van der Waals surface area contributed by atoms with Crippen molar-refractivity contribution < 1.29 is 33.8 Å². The number of hydrogen-bond donors (Lipinski definition) is 6. The number of likely N-dealkylation sites (N-methyl/N-ethyl adjacent to an activating group) is 1. The van der Waals surface area contributed by atoms with E-state index in [2.05, 4.69) is 59.9 Å². The number of ether oxygens (including phenoxy) is 1. The number of amides is 4. The molecule has 69 heavy (non-hydrogen) atoms. The number of aromatic nitrogens is 3. The average molecular weight is 1010 g/mol. The second kappa shape index (κ2) is 22.0. The molecule has 5 heterocycles. The number of piperidine rings is 1. The average Bonchev–Trinajstić information content (AvgIpc) is 3.87. The quantitative estimate of drug-likeness (QED) is 0.0792. The van der Waals surface area contributed by atoms with E-state index >= 15 is 0 Å². The monoisotopic (exact) mass is 1010 g/mol. The van der Waals surface area contributed by atoms with Crippen molar-refractivity contribution >= 4 is 67.6 Å². The number of allylic oxidation sites excluding steroid dienone is 2. The summed E-state index contributed by atoms with van der Waals surface area (Å²) in [6.45, 7) is 9.27. The molecule has 2 saturated heterocycles. The number of para-hydroxylation sites is 3. The first kappa shape index (κ1) is 50.7. The molecule has 5 aromatic rings. The van der Waals surface area contributed by atoms with E-state index in [0.717, 1.165) is 34.9 Å². The number of H-pyrrole nitrogens is 2. The van der Waals surface area contributed by atoms with Crippen molar-refractivity contribution in [2.45, 2.75) is 128 Å². The minimum Gasteiger partial charge on any atom is -0.508 e. The molecule has 9 atom stereocenters. The van der Waals surface area contributed by atoms with E-state index < -0.39 is 42.0 Å². The maximum atomic E-state index is 14.3. The summed E-state index contributed by atoms with van der Waals surface area (Å²) in [7, 11) is 3.72. The zero-order valence-corrected chi connectivity index (χ0v) is 42.0. The maximum Gasteiger partial charge on any atom is 0.334 e. The number of aromatic amines is 2. The molecule has 17 heteroatoms. The Morgan fingerprint density at radius 1 is 0.812 bits per heavy atom. The molecule has 368 valence electrons. The molecule has 3 aromatic carbocycles. The Kier molecular flexibility index (Phi) is 16.2. The summed E-state index contributed by atoms with van der Waals surface area (Å²) in [4.78, 5) is 89.0. The first-order valence-corrected chi connectivity index (χ1v) is 24.7. The number of carbonyl (C=O) groups is 5. The highest BCUT2D eigenvalue weighted by Crippen LogP contribution is 2.34. The van der Waals surface area contributed by atoms with Crippen LogP contribution >= 0.6 is 15.9 Å². The number of nitrogens with one attached hydrogen (secondary N) is 5. The fraction of sp³-hybridized carbons (Fsp3) is 0.462. The van der Waals surface area contributed by atoms with Crippen molar-refractivity contribution in [3.8, 4) is 5.75 Å². The van der Waals surface area contributed by atoms with E-state index in [4.69, 9.17) is 4.74 Å². The van der Waals surface area contributed by atoms with Crippen LogP contribution in [0.2, 0.25) is 0 Å². The fourth-order valence-electron chi connectivity index (χ4n) is 10.3. The lowest BCUT2D eigenvalue weighted by atomic mass is 9.95. The van der Waals surface area contributed by atoms with Crippen LogP contribution in [0.4, 0.5) is 4.79 Å². The fourth-order valence-corrected chi connectivity index (χ4v) is 10.9. The molecule has 0 aliphatic carbocycles. The van der Waals surface area contributed by atoms with Crippen LogP contribution in [-0.4, -0.2) is 110 Å². The van der Waals surface area contributed by atoms with Crippen LogP contribution in [-0.2, 0) is 30.3 Å². The Balaban J connectivity index is 0.000000263. The van der Waals surface area contributed by atoms with Gasteiger partial charge in [-0.05, 0) is 130 Å².